The monoisotopic (exact) mass is 212 g/mol. The standard InChI is InChI=1S/C11H20N2O2/c1-4-11(5-2,7-12)13-9(14)6-8(3)10(13)15/h8H,4-7,12H2,1-3H3. The predicted octanol–water partition coefficient (Wildman–Crippen LogP) is 0.899. The van der Waals surface area contributed by atoms with Crippen molar-refractivity contribution in [2.75, 3.05) is 6.54 Å². The first-order chi connectivity index (χ1) is 7.02. The lowest BCUT2D eigenvalue weighted by atomic mass is 9.91. The number of likely N-dealkylation sites (tertiary alicyclic amines) is 1. The molecule has 1 aliphatic heterocycles. The lowest BCUT2D eigenvalue weighted by molar-refractivity contribution is -0.146. The first-order valence-corrected chi connectivity index (χ1v) is 5.59. The fourth-order valence-electron chi connectivity index (χ4n) is 2.23. The predicted molar refractivity (Wildman–Crippen MR) is 58.0 cm³/mol. The maximum Gasteiger partial charge on any atom is 0.233 e. The van der Waals surface area contributed by atoms with Crippen LogP contribution in [0.25, 0.3) is 0 Å². The molecule has 1 saturated heterocycles. The van der Waals surface area contributed by atoms with Gasteiger partial charge in [-0.25, -0.2) is 0 Å². The Hall–Kier alpha value is -0.900. The first-order valence-electron chi connectivity index (χ1n) is 5.59. The van der Waals surface area contributed by atoms with Gasteiger partial charge in [0.15, 0.2) is 0 Å². The second-order valence-electron chi connectivity index (χ2n) is 4.31. The van der Waals surface area contributed by atoms with E-state index < -0.39 is 5.54 Å². The van der Waals surface area contributed by atoms with Gasteiger partial charge in [0.25, 0.3) is 0 Å². The van der Waals surface area contributed by atoms with Crippen LogP contribution in [0.2, 0.25) is 0 Å². The summed E-state index contributed by atoms with van der Waals surface area (Å²) in [6, 6.07) is 0. The molecular weight excluding hydrogens is 192 g/mol. The Morgan fingerprint density at radius 1 is 1.40 bits per heavy atom. The van der Waals surface area contributed by atoms with Crippen molar-refractivity contribution in [3.8, 4) is 0 Å². The summed E-state index contributed by atoms with van der Waals surface area (Å²) in [6.45, 7) is 6.09. The van der Waals surface area contributed by atoms with Crippen LogP contribution in [0.4, 0.5) is 0 Å². The zero-order valence-electron chi connectivity index (χ0n) is 9.75. The van der Waals surface area contributed by atoms with Crippen molar-refractivity contribution in [3.05, 3.63) is 0 Å². The van der Waals surface area contributed by atoms with Crippen LogP contribution >= 0.6 is 0 Å². The number of amides is 2. The second-order valence-corrected chi connectivity index (χ2v) is 4.31. The van der Waals surface area contributed by atoms with Gasteiger partial charge in [0.2, 0.25) is 11.8 Å². The van der Waals surface area contributed by atoms with Crippen LogP contribution in [0.5, 0.6) is 0 Å². The number of imide groups is 1. The molecule has 4 nitrogen and oxygen atoms in total. The Morgan fingerprint density at radius 3 is 2.20 bits per heavy atom. The van der Waals surface area contributed by atoms with E-state index >= 15 is 0 Å². The molecule has 0 radical (unpaired) electrons. The van der Waals surface area contributed by atoms with E-state index in [9.17, 15) is 9.59 Å². The van der Waals surface area contributed by atoms with Gasteiger partial charge in [-0.15, -0.1) is 0 Å². The molecule has 2 amide bonds. The molecule has 1 fully saturated rings. The van der Waals surface area contributed by atoms with Crippen LogP contribution in [0.1, 0.15) is 40.0 Å². The van der Waals surface area contributed by atoms with Gasteiger partial charge in [-0.1, -0.05) is 20.8 Å². The van der Waals surface area contributed by atoms with Crippen molar-refractivity contribution in [1.29, 1.82) is 0 Å². The molecule has 15 heavy (non-hydrogen) atoms. The molecule has 0 aromatic carbocycles. The van der Waals surface area contributed by atoms with Crippen molar-refractivity contribution >= 4 is 11.8 Å². The highest BCUT2D eigenvalue weighted by Gasteiger charge is 2.46. The SMILES string of the molecule is CCC(CC)(CN)N1C(=O)CC(C)C1=O. The first kappa shape index (κ1) is 12.2. The van der Waals surface area contributed by atoms with Gasteiger partial charge < -0.3 is 5.73 Å². The minimum Gasteiger partial charge on any atom is -0.328 e. The molecule has 1 heterocycles. The number of hydrogen-bond donors (Lipinski definition) is 1. The Kier molecular flexibility index (Phi) is 3.50. The maximum absolute atomic E-state index is 11.9. The highest BCUT2D eigenvalue weighted by atomic mass is 16.2. The van der Waals surface area contributed by atoms with Crippen LogP contribution in [-0.2, 0) is 9.59 Å². The smallest absolute Gasteiger partial charge is 0.233 e. The number of carbonyl (C=O) groups is 2. The third-order valence-corrected chi connectivity index (χ3v) is 3.54. The largest absolute Gasteiger partial charge is 0.328 e. The van der Waals surface area contributed by atoms with Crippen LogP contribution < -0.4 is 5.73 Å². The summed E-state index contributed by atoms with van der Waals surface area (Å²) >= 11 is 0. The maximum atomic E-state index is 11.9. The van der Waals surface area contributed by atoms with Crippen LogP contribution in [0.3, 0.4) is 0 Å². The number of carbonyl (C=O) groups excluding carboxylic acids is 2. The van der Waals surface area contributed by atoms with E-state index in [0.717, 1.165) is 12.8 Å². The van der Waals surface area contributed by atoms with Gasteiger partial charge in [0.05, 0.1) is 5.54 Å². The lowest BCUT2D eigenvalue weighted by Crippen LogP contribution is -2.55. The highest BCUT2D eigenvalue weighted by Crippen LogP contribution is 2.31. The molecular formula is C11H20N2O2. The van der Waals surface area contributed by atoms with Crippen molar-refractivity contribution in [3.63, 3.8) is 0 Å². The molecule has 4 heteroatoms. The van der Waals surface area contributed by atoms with Crippen LogP contribution in [-0.4, -0.2) is 28.8 Å². The molecule has 0 spiro atoms. The van der Waals surface area contributed by atoms with Gasteiger partial charge in [-0.2, -0.15) is 0 Å². The van der Waals surface area contributed by atoms with Gasteiger partial charge in [-0.05, 0) is 12.8 Å². The third kappa shape index (κ3) is 1.78. The molecule has 0 saturated carbocycles. The fourth-order valence-corrected chi connectivity index (χ4v) is 2.23. The average molecular weight is 212 g/mol. The molecule has 1 aliphatic rings. The number of hydrogen-bond acceptors (Lipinski definition) is 3. The lowest BCUT2D eigenvalue weighted by Gasteiger charge is -2.38. The average Bonchev–Trinajstić information content (AvgIpc) is 2.48. The third-order valence-electron chi connectivity index (χ3n) is 3.54. The zero-order chi connectivity index (χ0) is 11.6. The van der Waals surface area contributed by atoms with Gasteiger partial charge in [0, 0.05) is 18.9 Å². The van der Waals surface area contributed by atoms with Crippen LogP contribution in [0.15, 0.2) is 0 Å². The summed E-state index contributed by atoms with van der Waals surface area (Å²) in [5.74, 6) is -0.308. The summed E-state index contributed by atoms with van der Waals surface area (Å²) in [4.78, 5) is 25.1. The molecule has 1 unspecified atom stereocenters. The van der Waals surface area contributed by atoms with E-state index in [-0.39, 0.29) is 17.7 Å². The summed E-state index contributed by atoms with van der Waals surface area (Å²) in [5, 5.41) is 0. The number of rotatable bonds is 4. The highest BCUT2D eigenvalue weighted by molar-refractivity contribution is 6.04. The minimum absolute atomic E-state index is 0.0610. The van der Waals surface area contributed by atoms with Crippen molar-refractivity contribution < 1.29 is 9.59 Å². The number of nitrogens with two attached hydrogens (primary N) is 1. The normalized spacial score (nSPS) is 22.7. The van der Waals surface area contributed by atoms with Gasteiger partial charge >= 0.3 is 0 Å². The molecule has 86 valence electrons. The summed E-state index contributed by atoms with van der Waals surface area (Å²) < 4.78 is 0. The summed E-state index contributed by atoms with van der Waals surface area (Å²) in [5.41, 5.74) is 5.27. The van der Waals surface area contributed by atoms with E-state index in [0.29, 0.717) is 13.0 Å². The minimum atomic E-state index is -0.459. The van der Waals surface area contributed by atoms with E-state index in [1.165, 1.54) is 4.90 Å². The Balaban J connectivity index is 3.03. The Bertz CT molecular complexity index is 263. The Labute approximate surface area is 90.8 Å². The van der Waals surface area contributed by atoms with Crippen molar-refractivity contribution in [2.24, 2.45) is 11.7 Å². The molecule has 0 aliphatic carbocycles. The zero-order valence-corrected chi connectivity index (χ0v) is 9.75. The van der Waals surface area contributed by atoms with Crippen LogP contribution in [0, 0.1) is 5.92 Å². The van der Waals surface area contributed by atoms with Crippen molar-refractivity contribution in [1.82, 2.24) is 4.90 Å². The van der Waals surface area contributed by atoms with Gasteiger partial charge in [-0.3, -0.25) is 14.5 Å². The fraction of sp³-hybridized carbons (Fsp3) is 0.818. The molecule has 0 bridgehead atoms. The molecule has 1 rings (SSSR count). The van der Waals surface area contributed by atoms with E-state index in [1.54, 1.807) is 6.92 Å². The molecule has 0 aromatic heterocycles. The topological polar surface area (TPSA) is 63.4 Å². The Morgan fingerprint density at radius 2 is 1.93 bits per heavy atom. The summed E-state index contributed by atoms with van der Waals surface area (Å²) in [7, 11) is 0. The van der Waals surface area contributed by atoms with E-state index in [1.807, 2.05) is 13.8 Å². The molecule has 2 N–H and O–H groups in total. The number of nitrogens with zero attached hydrogens (tertiary/aromatic N) is 1. The molecule has 0 aromatic rings. The summed E-state index contributed by atoms with van der Waals surface area (Å²) in [6.07, 6.45) is 1.79. The van der Waals surface area contributed by atoms with Gasteiger partial charge in [0.1, 0.15) is 0 Å². The van der Waals surface area contributed by atoms with E-state index in [2.05, 4.69) is 0 Å². The second kappa shape index (κ2) is 4.31. The van der Waals surface area contributed by atoms with E-state index in [4.69, 9.17) is 5.73 Å². The quantitative estimate of drug-likeness (QED) is 0.704. The molecule has 1 atom stereocenters. The van der Waals surface area contributed by atoms with Crippen molar-refractivity contribution in [2.45, 2.75) is 45.6 Å².